The zero-order valence-corrected chi connectivity index (χ0v) is 18.6. The van der Waals surface area contributed by atoms with Crippen LogP contribution in [0.5, 0.6) is 0 Å². The molecule has 1 aromatic rings. The fourth-order valence-corrected chi connectivity index (χ4v) is 4.66. The lowest BCUT2D eigenvalue weighted by Gasteiger charge is -2.36. The number of hydrogen-bond acceptors (Lipinski definition) is 4. The normalized spacial score (nSPS) is 19.8. The van der Waals surface area contributed by atoms with Gasteiger partial charge in [-0.3, -0.25) is 9.89 Å². The third-order valence-corrected chi connectivity index (χ3v) is 6.64. The van der Waals surface area contributed by atoms with Crippen molar-refractivity contribution in [2.45, 2.75) is 32.1 Å². The second-order valence-electron chi connectivity index (χ2n) is 8.61. The van der Waals surface area contributed by atoms with Gasteiger partial charge >= 0.3 is 0 Å². The van der Waals surface area contributed by atoms with Crippen LogP contribution in [0.2, 0.25) is 0 Å². The number of rotatable bonds is 9. The van der Waals surface area contributed by atoms with Crippen molar-refractivity contribution in [2.75, 3.05) is 71.5 Å². The van der Waals surface area contributed by atoms with E-state index in [0.29, 0.717) is 5.41 Å². The highest BCUT2D eigenvalue weighted by Crippen LogP contribution is 2.40. The zero-order chi connectivity index (χ0) is 21.2. The predicted octanol–water partition coefficient (Wildman–Crippen LogP) is 2.71. The van der Waals surface area contributed by atoms with Gasteiger partial charge in [0.25, 0.3) is 0 Å². The van der Waals surface area contributed by atoms with Crippen LogP contribution in [0, 0.1) is 11.2 Å². The third-order valence-electron chi connectivity index (χ3n) is 6.64. The van der Waals surface area contributed by atoms with E-state index < -0.39 is 0 Å². The fourth-order valence-electron chi connectivity index (χ4n) is 4.66. The maximum absolute atomic E-state index is 13.1. The van der Waals surface area contributed by atoms with Crippen LogP contribution < -0.4 is 15.5 Å². The topological polar surface area (TPSA) is 52.1 Å². The van der Waals surface area contributed by atoms with Gasteiger partial charge in [0, 0.05) is 72.3 Å². The summed E-state index contributed by atoms with van der Waals surface area (Å²) >= 11 is 0. The minimum atomic E-state index is -0.178. The van der Waals surface area contributed by atoms with Gasteiger partial charge in [0.05, 0.1) is 0 Å². The molecule has 6 nitrogen and oxygen atoms in total. The van der Waals surface area contributed by atoms with Crippen LogP contribution in [-0.4, -0.2) is 77.4 Å². The molecule has 0 spiro atoms. The summed E-state index contributed by atoms with van der Waals surface area (Å²) in [4.78, 5) is 9.20. The Morgan fingerprint density at radius 3 is 2.43 bits per heavy atom. The Bertz CT molecular complexity index is 652. The van der Waals surface area contributed by atoms with Gasteiger partial charge < -0.3 is 20.3 Å². The summed E-state index contributed by atoms with van der Waals surface area (Å²) < 4.78 is 18.4. The maximum Gasteiger partial charge on any atom is 0.191 e. The molecule has 1 aromatic carbocycles. The lowest BCUT2D eigenvalue weighted by molar-refractivity contribution is 0.138. The van der Waals surface area contributed by atoms with Gasteiger partial charge in [-0.25, -0.2) is 4.39 Å². The van der Waals surface area contributed by atoms with E-state index in [1.54, 1.807) is 7.11 Å². The molecule has 1 heterocycles. The minimum absolute atomic E-state index is 0.178. The van der Waals surface area contributed by atoms with Gasteiger partial charge in [0.15, 0.2) is 5.96 Å². The summed E-state index contributed by atoms with van der Waals surface area (Å²) in [6, 6.07) is 6.81. The zero-order valence-electron chi connectivity index (χ0n) is 18.6. The smallest absolute Gasteiger partial charge is 0.191 e. The Kier molecular flexibility index (Phi) is 8.75. The van der Waals surface area contributed by atoms with Gasteiger partial charge in [0.1, 0.15) is 5.82 Å². The number of benzene rings is 1. The van der Waals surface area contributed by atoms with Crippen LogP contribution >= 0.6 is 0 Å². The van der Waals surface area contributed by atoms with E-state index in [0.717, 1.165) is 70.5 Å². The number of methoxy groups -OCH3 is 1. The van der Waals surface area contributed by atoms with Crippen LogP contribution in [0.1, 0.15) is 32.1 Å². The Labute approximate surface area is 180 Å². The first kappa shape index (κ1) is 22.8. The third kappa shape index (κ3) is 6.57. The molecule has 0 bridgehead atoms. The fraction of sp³-hybridized carbons (Fsp3) is 0.696. The molecule has 168 valence electrons. The molecule has 0 unspecified atom stereocenters. The first-order valence-electron chi connectivity index (χ1n) is 11.3. The highest BCUT2D eigenvalue weighted by molar-refractivity contribution is 5.79. The van der Waals surface area contributed by atoms with E-state index >= 15 is 0 Å². The molecule has 2 fully saturated rings. The van der Waals surface area contributed by atoms with Gasteiger partial charge in [0.2, 0.25) is 0 Å². The standard InChI is InChI=1S/C23H38FN5O/c1-25-22(27-19-23(11-18-30-2)9-3-4-10-23)26-12-13-28-14-16-29(17-15-28)21-7-5-20(24)6-8-21/h5-8H,3-4,9-19H2,1-2H3,(H2,25,26,27). The second kappa shape index (κ2) is 11.5. The summed E-state index contributed by atoms with van der Waals surface area (Å²) in [5.74, 6) is 0.714. The Hall–Kier alpha value is -1.86. The first-order valence-corrected chi connectivity index (χ1v) is 11.3. The molecule has 30 heavy (non-hydrogen) atoms. The van der Waals surface area contributed by atoms with Crippen molar-refractivity contribution in [3.8, 4) is 0 Å². The highest BCUT2D eigenvalue weighted by atomic mass is 19.1. The van der Waals surface area contributed by atoms with Crippen LogP contribution in [0.15, 0.2) is 29.3 Å². The molecule has 2 N–H and O–H groups in total. The number of piperazine rings is 1. The molecule has 2 aliphatic rings. The Morgan fingerprint density at radius 2 is 1.80 bits per heavy atom. The summed E-state index contributed by atoms with van der Waals surface area (Å²) in [6.45, 7) is 7.65. The van der Waals surface area contributed by atoms with Gasteiger partial charge in [-0.1, -0.05) is 12.8 Å². The molecule has 0 atom stereocenters. The van der Waals surface area contributed by atoms with E-state index in [-0.39, 0.29) is 5.82 Å². The van der Waals surface area contributed by atoms with E-state index in [9.17, 15) is 4.39 Å². The molecule has 3 rings (SSSR count). The van der Waals surface area contributed by atoms with Crippen molar-refractivity contribution in [2.24, 2.45) is 10.4 Å². The molecule has 1 aliphatic heterocycles. The van der Waals surface area contributed by atoms with E-state index in [4.69, 9.17) is 4.74 Å². The minimum Gasteiger partial charge on any atom is -0.385 e. The Morgan fingerprint density at radius 1 is 1.10 bits per heavy atom. The average molecular weight is 420 g/mol. The molecule has 0 aromatic heterocycles. The quantitative estimate of drug-likeness (QED) is 0.476. The number of halogens is 1. The van der Waals surface area contributed by atoms with E-state index in [2.05, 4.69) is 25.4 Å². The number of ether oxygens (including phenoxy) is 1. The van der Waals surface area contributed by atoms with Crippen molar-refractivity contribution in [3.05, 3.63) is 30.1 Å². The van der Waals surface area contributed by atoms with Gasteiger partial charge in [-0.2, -0.15) is 0 Å². The monoisotopic (exact) mass is 419 g/mol. The summed E-state index contributed by atoms with van der Waals surface area (Å²) in [5.41, 5.74) is 1.46. The highest BCUT2D eigenvalue weighted by Gasteiger charge is 2.33. The van der Waals surface area contributed by atoms with Crippen molar-refractivity contribution < 1.29 is 9.13 Å². The van der Waals surface area contributed by atoms with Crippen LogP contribution in [0.3, 0.4) is 0 Å². The summed E-state index contributed by atoms with van der Waals surface area (Å²) in [5, 5.41) is 7.03. The van der Waals surface area contributed by atoms with Crippen molar-refractivity contribution in [3.63, 3.8) is 0 Å². The second-order valence-corrected chi connectivity index (χ2v) is 8.61. The number of guanidine groups is 1. The number of hydrogen-bond donors (Lipinski definition) is 2. The number of anilines is 1. The van der Waals surface area contributed by atoms with Gasteiger partial charge in [-0.05, 0) is 48.9 Å². The molecule has 1 aliphatic carbocycles. The molecule has 0 radical (unpaired) electrons. The molecule has 7 heteroatoms. The number of nitrogens with zero attached hydrogens (tertiary/aromatic N) is 3. The summed E-state index contributed by atoms with van der Waals surface area (Å²) in [6.07, 6.45) is 6.31. The maximum atomic E-state index is 13.1. The average Bonchev–Trinajstić information content (AvgIpc) is 3.25. The largest absolute Gasteiger partial charge is 0.385 e. The molecule has 1 saturated heterocycles. The number of aliphatic imine (C=N–C) groups is 1. The van der Waals surface area contributed by atoms with E-state index in [1.807, 2.05) is 19.2 Å². The molecular formula is C23H38FN5O. The lowest BCUT2D eigenvalue weighted by atomic mass is 9.83. The molecule has 0 amide bonds. The molecular weight excluding hydrogens is 381 g/mol. The van der Waals surface area contributed by atoms with Gasteiger partial charge in [-0.15, -0.1) is 0 Å². The van der Waals surface area contributed by atoms with Crippen molar-refractivity contribution in [1.29, 1.82) is 0 Å². The predicted molar refractivity (Wildman–Crippen MR) is 122 cm³/mol. The van der Waals surface area contributed by atoms with Crippen LogP contribution in [0.4, 0.5) is 10.1 Å². The first-order chi connectivity index (χ1) is 14.6. The lowest BCUT2D eigenvalue weighted by Crippen LogP contribution is -2.50. The van der Waals surface area contributed by atoms with Crippen LogP contribution in [-0.2, 0) is 4.74 Å². The number of nitrogens with one attached hydrogen (secondary N) is 2. The van der Waals surface area contributed by atoms with Crippen LogP contribution in [0.25, 0.3) is 0 Å². The van der Waals surface area contributed by atoms with E-state index in [1.165, 1.54) is 37.8 Å². The SMILES string of the molecule is CN=C(NCCN1CCN(c2ccc(F)cc2)CC1)NCC1(CCOC)CCCC1. The summed E-state index contributed by atoms with van der Waals surface area (Å²) in [7, 11) is 3.63. The molecule has 1 saturated carbocycles. The van der Waals surface area contributed by atoms with Crippen molar-refractivity contribution >= 4 is 11.6 Å². The van der Waals surface area contributed by atoms with Crippen molar-refractivity contribution in [1.82, 2.24) is 15.5 Å². The Balaban J connectivity index is 1.35.